The van der Waals surface area contributed by atoms with Crippen molar-refractivity contribution in [1.29, 1.82) is 0 Å². The standard InChI is InChI=1S/2C12H11.C4H8Si.2ClH.Zr/c2*1-10-5-4-8-12(9-10)11-6-2-3-7-11;1-2-4-5-3-1;;;/h2*2,4-6,8-9H,3H2,1H3;1-4H2;2*1H;/q2*-1;;;;+4/p-2. The Labute approximate surface area is 229 Å². The van der Waals surface area contributed by atoms with Gasteiger partial charge in [-0.05, 0) is 13.8 Å². The fraction of sp³-hybridized carbons (Fsp3) is 0.286. The minimum absolute atomic E-state index is 0. The van der Waals surface area contributed by atoms with Gasteiger partial charge >= 0.3 is 26.2 Å². The van der Waals surface area contributed by atoms with E-state index < -0.39 is 0 Å². The van der Waals surface area contributed by atoms with Gasteiger partial charge in [-0.2, -0.15) is 35.5 Å². The van der Waals surface area contributed by atoms with Gasteiger partial charge in [0.15, 0.2) is 0 Å². The Bertz CT molecular complexity index is 845. The average Bonchev–Trinajstić information content (AvgIpc) is 3.54. The molecule has 2 aliphatic carbocycles. The van der Waals surface area contributed by atoms with Crippen molar-refractivity contribution in [2.24, 2.45) is 0 Å². The van der Waals surface area contributed by atoms with Gasteiger partial charge in [-0.1, -0.05) is 73.2 Å². The van der Waals surface area contributed by atoms with E-state index in [1.807, 2.05) is 0 Å². The second kappa shape index (κ2) is 17.5. The number of rotatable bonds is 2. The average molecular weight is 557 g/mol. The van der Waals surface area contributed by atoms with E-state index in [1.165, 1.54) is 67.8 Å². The molecule has 1 fully saturated rings. The van der Waals surface area contributed by atoms with Gasteiger partial charge in [-0.25, -0.2) is 0 Å². The van der Waals surface area contributed by atoms with Gasteiger partial charge in [0.2, 0.25) is 0 Å². The minimum Gasteiger partial charge on any atom is -1.00 e. The summed E-state index contributed by atoms with van der Waals surface area (Å²) in [4.78, 5) is 0. The summed E-state index contributed by atoms with van der Waals surface area (Å²) in [6.45, 7) is 4.23. The van der Waals surface area contributed by atoms with Gasteiger partial charge in [0.1, 0.15) is 0 Å². The van der Waals surface area contributed by atoms with Crippen LogP contribution in [-0.2, 0) is 26.2 Å². The Morgan fingerprint density at radius 2 is 1.12 bits per heavy atom. The molecule has 0 atom stereocenters. The van der Waals surface area contributed by atoms with Crippen LogP contribution in [0.1, 0.15) is 47.9 Å². The van der Waals surface area contributed by atoms with Crippen molar-refractivity contribution in [2.75, 3.05) is 0 Å². The molecule has 4 heteroatoms. The number of aryl methyl sites for hydroxylation is 2. The van der Waals surface area contributed by atoms with Gasteiger partial charge in [-0.15, -0.1) is 47.5 Å². The van der Waals surface area contributed by atoms with Crippen LogP contribution in [0.4, 0.5) is 0 Å². The Morgan fingerprint density at radius 3 is 1.41 bits per heavy atom. The third-order valence-electron chi connectivity index (χ3n) is 5.01. The van der Waals surface area contributed by atoms with E-state index in [4.69, 9.17) is 0 Å². The SMILES string of the molecule is C1CC[Si]C1.Cc1cccc(C2=[C-]CC=C2)c1.Cc1cccc(C2=[C-]CC=C2)c1.[Cl-].[Cl-].[Zr+4]. The molecule has 1 heterocycles. The number of halogens is 2. The maximum atomic E-state index is 3.31. The molecular weight excluding hydrogens is 527 g/mol. The third-order valence-corrected chi connectivity index (χ3v) is 6.42. The normalized spacial score (nSPS) is 14.9. The van der Waals surface area contributed by atoms with E-state index in [0.29, 0.717) is 0 Å². The molecule has 0 nitrogen and oxygen atoms in total. The van der Waals surface area contributed by atoms with E-state index in [9.17, 15) is 0 Å². The smallest absolute Gasteiger partial charge is 1.00 e. The second-order valence-corrected chi connectivity index (χ2v) is 9.09. The zero-order valence-electron chi connectivity index (χ0n) is 18.9. The Balaban J connectivity index is 0.000000460. The molecular formula is C28H30Cl2SiZr. The number of hydrogen-bond donors (Lipinski definition) is 0. The van der Waals surface area contributed by atoms with E-state index in [2.05, 4.69) is 98.8 Å². The molecule has 5 rings (SSSR count). The zero-order chi connectivity index (χ0) is 20.3. The Hall–Kier alpha value is -0.920. The van der Waals surface area contributed by atoms with E-state index in [1.54, 1.807) is 0 Å². The molecule has 0 aromatic heterocycles. The monoisotopic (exact) mass is 554 g/mol. The number of hydrogen-bond acceptors (Lipinski definition) is 0. The van der Waals surface area contributed by atoms with Gasteiger partial charge < -0.3 is 24.8 Å². The molecule has 0 N–H and O–H groups in total. The molecule has 1 saturated heterocycles. The molecule has 3 aliphatic rings. The first-order chi connectivity index (χ1) is 14.2. The van der Waals surface area contributed by atoms with Crippen molar-refractivity contribution >= 4 is 20.7 Å². The van der Waals surface area contributed by atoms with Crippen LogP contribution in [0.3, 0.4) is 0 Å². The first-order valence-electron chi connectivity index (χ1n) is 10.6. The summed E-state index contributed by atoms with van der Waals surface area (Å²) in [5.74, 6) is 0. The van der Waals surface area contributed by atoms with Crippen molar-refractivity contribution in [3.05, 3.63) is 107 Å². The maximum Gasteiger partial charge on any atom is 4.00 e. The second-order valence-electron chi connectivity index (χ2n) is 7.59. The van der Waals surface area contributed by atoms with E-state index >= 15 is 0 Å². The molecule has 0 bridgehead atoms. The van der Waals surface area contributed by atoms with Crippen molar-refractivity contribution in [3.63, 3.8) is 0 Å². The van der Waals surface area contributed by atoms with Crippen LogP contribution in [-0.4, -0.2) is 9.52 Å². The van der Waals surface area contributed by atoms with Crippen LogP contribution < -0.4 is 24.8 Å². The Morgan fingerprint density at radius 1 is 0.688 bits per heavy atom. The first-order valence-corrected chi connectivity index (χ1v) is 12.0. The molecule has 0 unspecified atom stereocenters. The summed E-state index contributed by atoms with van der Waals surface area (Å²) >= 11 is 0. The summed E-state index contributed by atoms with van der Waals surface area (Å²) < 4.78 is 0. The molecule has 164 valence electrons. The largest absolute Gasteiger partial charge is 4.00 e. The molecule has 0 saturated carbocycles. The fourth-order valence-electron chi connectivity index (χ4n) is 3.46. The van der Waals surface area contributed by atoms with Crippen LogP contribution in [0.25, 0.3) is 11.1 Å². The van der Waals surface area contributed by atoms with Crippen molar-refractivity contribution < 1.29 is 51.0 Å². The van der Waals surface area contributed by atoms with E-state index in [-0.39, 0.29) is 51.0 Å². The fourth-order valence-corrected chi connectivity index (χ4v) is 4.71. The molecule has 32 heavy (non-hydrogen) atoms. The number of allylic oxidation sites excluding steroid dienone is 8. The molecule has 0 spiro atoms. The maximum absolute atomic E-state index is 3.31. The van der Waals surface area contributed by atoms with Gasteiger partial charge in [0.25, 0.3) is 0 Å². The van der Waals surface area contributed by atoms with Crippen LogP contribution >= 0.6 is 0 Å². The number of benzene rings is 2. The summed E-state index contributed by atoms with van der Waals surface area (Å²) in [6.07, 6.45) is 20.1. The minimum atomic E-state index is 0. The summed E-state index contributed by atoms with van der Waals surface area (Å²) in [7, 11) is 1.31. The quantitative estimate of drug-likeness (QED) is 0.390. The molecule has 2 aromatic rings. The van der Waals surface area contributed by atoms with Crippen LogP contribution in [0.5, 0.6) is 0 Å². The van der Waals surface area contributed by atoms with Crippen LogP contribution in [0, 0.1) is 26.0 Å². The zero-order valence-corrected chi connectivity index (χ0v) is 23.9. The van der Waals surface area contributed by atoms with Crippen LogP contribution in [0.2, 0.25) is 12.1 Å². The first kappa shape index (κ1) is 31.1. The van der Waals surface area contributed by atoms with Crippen molar-refractivity contribution in [3.8, 4) is 0 Å². The molecule has 1 aliphatic heterocycles. The van der Waals surface area contributed by atoms with Gasteiger partial charge in [0.05, 0.1) is 0 Å². The molecule has 2 aromatic carbocycles. The predicted molar refractivity (Wildman–Crippen MR) is 128 cm³/mol. The van der Waals surface area contributed by atoms with Crippen LogP contribution in [0.15, 0.2) is 72.8 Å². The summed E-state index contributed by atoms with van der Waals surface area (Å²) in [5, 5.41) is 0. The topological polar surface area (TPSA) is 0 Å². The Kier molecular flexibility index (Phi) is 17.0. The van der Waals surface area contributed by atoms with Gasteiger partial charge in [-0.3, -0.25) is 0 Å². The van der Waals surface area contributed by atoms with Crippen molar-refractivity contribution in [1.82, 2.24) is 0 Å². The predicted octanol–water partition coefficient (Wildman–Crippen LogP) is 1.61. The summed E-state index contributed by atoms with van der Waals surface area (Å²) in [5.41, 5.74) is 7.65. The van der Waals surface area contributed by atoms with Gasteiger partial charge in [0, 0.05) is 9.52 Å². The third kappa shape index (κ3) is 10.8. The van der Waals surface area contributed by atoms with Crippen molar-refractivity contribution in [2.45, 2.75) is 51.6 Å². The molecule has 2 radical (unpaired) electrons. The molecule has 0 amide bonds. The summed E-state index contributed by atoms with van der Waals surface area (Å²) in [6, 6.07) is 20.1. The van der Waals surface area contributed by atoms with E-state index in [0.717, 1.165) is 12.8 Å².